The van der Waals surface area contributed by atoms with Gasteiger partial charge in [0, 0.05) is 15.6 Å². The summed E-state index contributed by atoms with van der Waals surface area (Å²) in [6.07, 6.45) is -5.89. The molecule has 1 aromatic heterocycles. The van der Waals surface area contributed by atoms with Gasteiger partial charge in [-0.2, -0.15) is 13.2 Å². The minimum Gasteiger partial charge on any atom is -0.384 e. The van der Waals surface area contributed by atoms with Crippen LogP contribution in [0.4, 0.5) is 13.2 Å². The molecule has 1 aromatic carbocycles. The Morgan fingerprint density at radius 3 is 2.05 bits per heavy atom. The fourth-order valence-electron chi connectivity index (χ4n) is 1.72. The van der Waals surface area contributed by atoms with Gasteiger partial charge in [0.2, 0.25) is 0 Å². The molecule has 112 valence electrons. The molecule has 0 saturated carbocycles. The summed E-state index contributed by atoms with van der Waals surface area (Å²) in [7, 11) is 0. The first-order valence-electron chi connectivity index (χ1n) is 5.56. The van der Waals surface area contributed by atoms with E-state index in [2.05, 4.69) is 4.98 Å². The zero-order chi connectivity index (χ0) is 15.8. The third kappa shape index (κ3) is 3.80. The molecular weight excluding hydrogens is 350 g/mol. The van der Waals surface area contributed by atoms with Crippen molar-refractivity contribution in [2.45, 2.75) is 12.3 Å². The highest BCUT2D eigenvalue weighted by molar-refractivity contribution is 6.34. The summed E-state index contributed by atoms with van der Waals surface area (Å²) in [5, 5.41) is 10.3. The lowest BCUT2D eigenvalue weighted by molar-refractivity contribution is -0.141. The van der Waals surface area contributed by atoms with E-state index in [4.69, 9.17) is 34.8 Å². The predicted molar refractivity (Wildman–Crippen MR) is 74.8 cm³/mol. The van der Waals surface area contributed by atoms with Crippen molar-refractivity contribution in [3.8, 4) is 0 Å². The van der Waals surface area contributed by atoms with Gasteiger partial charge in [-0.25, -0.2) is 4.98 Å². The van der Waals surface area contributed by atoms with Crippen molar-refractivity contribution < 1.29 is 18.3 Å². The van der Waals surface area contributed by atoms with Crippen molar-refractivity contribution in [1.82, 2.24) is 4.98 Å². The molecule has 0 fully saturated rings. The lowest BCUT2D eigenvalue weighted by atomic mass is 10.0. The fraction of sp³-hybridized carbons (Fsp3) is 0.154. The molecule has 0 aliphatic rings. The number of hydrogen-bond donors (Lipinski definition) is 1. The molecule has 8 heteroatoms. The van der Waals surface area contributed by atoms with E-state index in [-0.39, 0.29) is 15.6 Å². The van der Waals surface area contributed by atoms with E-state index < -0.39 is 23.1 Å². The van der Waals surface area contributed by atoms with E-state index >= 15 is 0 Å². The molecule has 1 N–H and O–H groups in total. The first-order chi connectivity index (χ1) is 9.68. The summed E-state index contributed by atoms with van der Waals surface area (Å²) in [6, 6.07) is 6.15. The Kier molecular flexibility index (Phi) is 4.68. The second kappa shape index (κ2) is 6.01. The van der Waals surface area contributed by atoms with Gasteiger partial charge >= 0.3 is 6.18 Å². The van der Waals surface area contributed by atoms with Crippen LogP contribution in [0.5, 0.6) is 0 Å². The number of nitrogens with zero attached hydrogens (tertiary/aromatic N) is 1. The molecule has 2 rings (SSSR count). The second-order valence-corrected chi connectivity index (χ2v) is 5.41. The summed E-state index contributed by atoms with van der Waals surface area (Å²) in [5.41, 5.74) is -0.800. The molecule has 0 saturated heterocycles. The van der Waals surface area contributed by atoms with Crippen molar-refractivity contribution in [2.24, 2.45) is 0 Å². The molecule has 0 aliphatic heterocycles. The lowest BCUT2D eigenvalue weighted by Crippen LogP contribution is -2.10. The van der Waals surface area contributed by atoms with E-state index in [0.717, 1.165) is 12.1 Å². The Bertz CT molecular complexity index is 656. The van der Waals surface area contributed by atoms with E-state index in [1.165, 1.54) is 18.2 Å². The minimum absolute atomic E-state index is 0.0306. The maximum atomic E-state index is 12.5. The molecule has 21 heavy (non-hydrogen) atoms. The van der Waals surface area contributed by atoms with Gasteiger partial charge in [0.15, 0.2) is 0 Å². The van der Waals surface area contributed by atoms with Crippen LogP contribution in [-0.4, -0.2) is 10.1 Å². The molecule has 0 radical (unpaired) electrons. The Morgan fingerprint density at radius 1 is 1.00 bits per heavy atom. The van der Waals surface area contributed by atoms with E-state index in [9.17, 15) is 18.3 Å². The first kappa shape index (κ1) is 16.4. The Hall–Kier alpha value is -1.01. The Labute approximate surface area is 133 Å². The number of aromatic nitrogens is 1. The first-order valence-corrected chi connectivity index (χ1v) is 6.69. The summed E-state index contributed by atoms with van der Waals surface area (Å²) >= 11 is 17.3. The van der Waals surface area contributed by atoms with Crippen molar-refractivity contribution >= 4 is 34.8 Å². The van der Waals surface area contributed by atoms with Crippen LogP contribution in [0.3, 0.4) is 0 Å². The molecule has 2 aromatic rings. The summed E-state index contributed by atoms with van der Waals surface area (Å²) in [6.45, 7) is 0. The van der Waals surface area contributed by atoms with Crippen molar-refractivity contribution in [3.05, 3.63) is 62.4 Å². The summed E-state index contributed by atoms with van der Waals surface area (Å²) in [4.78, 5) is 3.25. The number of aliphatic hydroxyl groups excluding tert-OH is 1. The van der Waals surface area contributed by atoms with Crippen LogP contribution in [0, 0.1) is 0 Å². The van der Waals surface area contributed by atoms with Crippen LogP contribution in [0.25, 0.3) is 0 Å². The van der Waals surface area contributed by atoms with E-state index in [1.54, 1.807) is 0 Å². The SMILES string of the molecule is OC(c1cc(Cl)cc(Cl)c1)c1ccc(C(F)(F)F)nc1Cl. The number of hydrogen-bond acceptors (Lipinski definition) is 2. The van der Waals surface area contributed by atoms with Crippen LogP contribution in [0.1, 0.15) is 22.9 Å². The molecule has 1 unspecified atom stereocenters. The van der Waals surface area contributed by atoms with Gasteiger partial charge in [-0.1, -0.05) is 40.9 Å². The number of alkyl halides is 3. The molecule has 0 spiro atoms. The number of aliphatic hydroxyl groups is 1. The third-order valence-corrected chi connectivity index (χ3v) is 3.40. The van der Waals surface area contributed by atoms with Gasteiger partial charge < -0.3 is 5.11 Å². The zero-order valence-electron chi connectivity index (χ0n) is 10.1. The normalized spacial score (nSPS) is 13.3. The van der Waals surface area contributed by atoms with Gasteiger partial charge in [0.05, 0.1) is 0 Å². The number of rotatable bonds is 2. The maximum Gasteiger partial charge on any atom is 0.433 e. The summed E-state index contributed by atoms with van der Waals surface area (Å²) in [5.74, 6) is 0. The molecule has 1 heterocycles. The third-order valence-electron chi connectivity index (χ3n) is 2.66. The monoisotopic (exact) mass is 355 g/mol. The van der Waals surface area contributed by atoms with Crippen molar-refractivity contribution in [3.63, 3.8) is 0 Å². The Balaban J connectivity index is 2.42. The second-order valence-electron chi connectivity index (χ2n) is 4.18. The van der Waals surface area contributed by atoms with Crippen LogP contribution >= 0.6 is 34.8 Å². The predicted octanol–water partition coefficient (Wildman–Crippen LogP) is 5.14. The lowest BCUT2D eigenvalue weighted by Gasteiger charge is -2.15. The average molecular weight is 357 g/mol. The number of halogens is 6. The fourth-order valence-corrected chi connectivity index (χ4v) is 2.52. The van der Waals surface area contributed by atoms with Crippen molar-refractivity contribution in [1.29, 1.82) is 0 Å². The van der Waals surface area contributed by atoms with Gasteiger partial charge in [-0.15, -0.1) is 0 Å². The zero-order valence-corrected chi connectivity index (χ0v) is 12.4. The number of benzene rings is 1. The molecule has 2 nitrogen and oxygen atoms in total. The highest BCUT2D eigenvalue weighted by Crippen LogP contribution is 2.34. The Morgan fingerprint density at radius 2 is 1.57 bits per heavy atom. The van der Waals surface area contributed by atoms with Gasteiger partial charge in [-0.05, 0) is 29.8 Å². The topological polar surface area (TPSA) is 33.1 Å². The molecule has 1 atom stereocenters. The summed E-state index contributed by atoms with van der Waals surface area (Å²) < 4.78 is 37.5. The molecule has 0 aliphatic carbocycles. The minimum atomic E-state index is -4.60. The number of pyridine rings is 1. The van der Waals surface area contributed by atoms with E-state index in [0.29, 0.717) is 5.56 Å². The van der Waals surface area contributed by atoms with E-state index in [1.807, 2.05) is 0 Å². The molecular formula is C13H7Cl3F3NO. The average Bonchev–Trinajstić information content (AvgIpc) is 2.35. The maximum absolute atomic E-state index is 12.5. The van der Waals surface area contributed by atoms with Crippen molar-refractivity contribution in [2.75, 3.05) is 0 Å². The molecule has 0 amide bonds. The quantitative estimate of drug-likeness (QED) is 0.756. The van der Waals surface area contributed by atoms with Gasteiger partial charge in [0.1, 0.15) is 17.0 Å². The van der Waals surface area contributed by atoms with Crippen LogP contribution in [-0.2, 0) is 6.18 Å². The highest BCUT2D eigenvalue weighted by atomic mass is 35.5. The highest BCUT2D eigenvalue weighted by Gasteiger charge is 2.33. The van der Waals surface area contributed by atoms with Crippen LogP contribution in [0.15, 0.2) is 30.3 Å². The standard InChI is InChI=1S/C13H7Cl3F3NO/c14-7-3-6(4-8(15)5-7)11(21)9-1-2-10(13(17,18)19)20-12(9)16/h1-5,11,21H. The van der Waals surface area contributed by atoms with Crippen LogP contribution < -0.4 is 0 Å². The van der Waals surface area contributed by atoms with Crippen LogP contribution in [0.2, 0.25) is 15.2 Å². The molecule has 0 bridgehead atoms. The largest absolute Gasteiger partial charge is 0.433 e. The van der Waals surface area contributed by atoms with Gasteiger partial charge in [-0.3, -0.25) is 0 Å². The van der Waals surface area contributed by atoms with Gasteiger partial charge in [0.25, 0.3) is 0 Å². The smallest absolute Gasteiger partial charge is 0.384 e.